The van der Waals surface area contributed by atoms with Crippen molar-refractivity contribution in [3.63, 3.8) is 0 Å². The maximum Gasteiger partial charge on any atom is 0.264 e. The van der Waals surface area contributed by atoms with Crippen LogP contribution in [0.15, 0.2) is 70.5 Å². The van der Waals surface area contributed by atoms with Gasteiger partial charge in [0.15, 0.2) is 11.5 Å². The van der Waals surface area contributed by atoms with Crippen LogP contribution in [0, 0.1) is 6.92 Å². The fraction of sp³-hybridized carbons (Fsp3) is 0.214. The highest BCUT2D eigenvalue weighted by atomic mass is 32.2. The molecule has 3 aromatic carbocycles. The smallest absolute Gasteiger partial charge is 0.264 e. The van der Waals surface area contributed by atoms with Crippen molar-refractivity contribution in [3.8, 4) is 11.5 Å². The number of aryl methyl sites for hydroxylation is 1. The lowest BCUT2D eigenvalue weighted by atomic mass is 10.1. The number of methoxy groups -OCH3 is 2. The zero-order valence-electron chi connectivity index (χ0n) is 20.3. The van der Waals surface area contributed by atoms with Gasteiger partial charge in [0.05, 0.1) is 24.8 Å². The van der Waals surface area contributed by atoms with Crippen LogP contribution in [0.3, 0.4) is 0 Å². The zero-order valence-corrected chi connectivity index (χ0v) is 21.1. The average Bonchev–Trinajstić information content (AvgIpc) is 2.88. The number of carbonyl (C=O) groups excluding carboxylic acids is 2. The van der Waals surface area contributed by atoms with Crippen molar-refractivity contribution >= 4 is 35.3 Å². The van der Waals surface area contributed by atoms with E-state index in [1.165, 1.54) is 11.8 Å². The third-order valence-corrected chi connectivity index (χ3v) is 7.02. The van der Waals surface area contributed by atoms with Crippen LogP contribution in [0.25, 0.3) is 6.08 Å². The van der Waals surface area contributed by atoms with Crippen molar-refractivity contribution in [2.45, 2.75) is 18.2 Å². The number of anilines is 1. The second kappa shape index (κ2) is 10.7. The number of thioether (sulfide) groups is 1. The Morgan fingerprint density at radius 3 is 2.54 bits per heavy atom. The molecular weight excluding hydrogens is 460 g/mol. The Morgan fingerprint density at radius 1 is 1.03 bits per heavy atom. The maximum atomic E-state index is 13.0. The van der Waals surface area contributed by atoms with Crippen molar-refractivity contribution in [2.24, 2.45) is 0 Å². The lowest BCUT2D eigenvalue weighted by molar-refractivity contribution is -0.114. The van der Waals surface area contributed by atoms with Crippen molar-refractivity contribution in [1.82, 2.24) is 5.32 Å². The van der Waals surface area contributed by atoms with Gasteiger partial charge in [0.2, 0.25) is 0 Å². The Labute approximate surface area is 209 Å². The van der Waals surface area contributed by atoms with E-state index >= 15 is 0 Å². The predicted octanol–water partition coefficient (Wildman–Crippen LogP) is 5.09. The first-order valence-electron chi connectivity index (χ1n) is 11.3. The monoisotopic (exact) mass is 488 g/mol. The Hall–Kier alpha value is -3.71. The van der Waals surface area contributed by atoms with Gasteiger partial charge in [0, 0.05) is 24.1 Å². The molecule has 35 heavy (non-hydrogen) atoms. The van der Waals surface area contributed by atoms with Crippen LogP contribution in [0.5, 0.6) is 11.5 Å². The minimum atomic E-state index is -0.180. The molecule has 3 aromatic rings. The number of fused-ring (bicyclic) bond motifs is 1. The minimum Gasteiger partial charge on any atom is -0.493 e. The molecule has 0 saturated carbocycles. The normalized spacial score (nSPS) is 14.0. The molecule has 1 heterocycles. The summed E-state index contributed by atoms with van der Waals surface area (Å²) < 4.78 is 10.6. The second-order valence-corrected chi connectivity index (χ2v) is 9.29. The summed E-state index contributed by atoms with van der Waals surface area (Å²) in [5.41, 5.74) is 4.41. The first-order chi connectivity index (χ1) is 16.9. The number of nitrogens with one attached hydrogen (secondary N) is 1. The van der Waals surface area contributed by atoms with Crippen molar-refractivity contribution < 1.29 is 19.1 Å². The van der Waals surface area contributed by atoms with Crippen LogP contribution >= 0.6 is 11.8 Å². The predicted molar refractivity (Wildman–Crippen MR) is 140 cm³/mol. The number of nitrogens with zero attached hydrogens (tertiary/aromatic N) is 1. The van der Waals surface area contributed by atoms with Gasteiger partial charge >= 0.3 is 0 Å². The summed E-state index contributed by atoms with van der Waals surface area (Å²) >= 11 is 1.43. The molecule has 6 nitrogen and oxygen atoms in total. The molecular formula is C28H28N2O4S. The van der Waals surface area contributed by atoms with E-state index in [1.54, 1.807) is 38.3 Å². The summed E-state index contributed by atoms with van der Waals surface area (Å²) in [6.07, 6.45) is 2.58. The number of likely N-dealkylation sites (N-methyl/N-ethyl adjacent to an activating group) is 1. The number of rotatable bonds is 7. The van der Waals surface area contributed by atoms with E-state index in [1.807, 2.05) is 61.5 Å². The molecule has 0 unspecified atom stereocenters. The van der Waals surface area contributed by atoms with Crippen LogP contribution < -0.4 is 19.7 Å². The van der Waals surface area contributed by atoms with Gasteiger partial charge in [0.1, 0.15) is 0 Å². The van der Waals surface area contributed by atoms with Crippen molar-refractivity contribution in [1.29, 1.82) is 0 Å². The van der Waals surface area contributed by atoms with E-state index in [4.69, 9.17) is 9.47 Å². The van der Waals surface area contributed by atoms with Gasteiger partial charge in [-0.1, -0.05) is 42.1 Å². The molecule has 1 N–H and O–H groups in total. The zero-order chi connectivity index (χ0) is 24.9. The molecule has 7 heteroatoms. The highest BCUT2D eigenvalue weighted by Gasteiger charge is 2.27. The molecule has 180 valence electrons. The molecule has 0 fully saturated rings. The number of ether oxygens (including phenoxy) is 2. The SMILES string of the molecule is COc1ccc(CCNC(=O)c2ccc3c(c2)N(C)C(=O)C(=Cc2ccccc2C)S3)cc1OC. The Bertz CT molecular complexity index is 1300. The molecule has 0 aromatic heterocycles. The van der Waals surface area contributed by atoms with Gasteiger partial charge in [-0.25, -0.2) is 0 Å². The summed E-state index contributed by atoms with van der Waals surface area (Å²) in [6.45, 7) is 2.50. The third-order valence-electron chi connectivity index (χ3n) is 5.94. The van der Waals surface area contributed by atoms with Crippen LogP contribution in [0.2, 0.25) is 0 Å². The van der Waals surface area contributed by atoms with E-state index in [0.29, 0.717) is 34.9 Å². The lowest BCUT2D eigenvalue weighted by Gasteiger charge is -2.27. The second-order valence-electron chi connectivity index (χ2n) is 8.21. The van der Waals surface area contributed by atoms with Gasteiger partial charge in [-0.05, 0) is 66.4 Å². The van der Waals surface area contributed by atoms with E-state index < -0.39 is 0 Å². The topological polar surface area (TPSA) is 67.9 Å². The minimum absolute atomic E-state index is 0.0863. The molecule has 1 aliphatic rings. The summed E-state index contributed by atoms with van der Waals surface area (Å²) in [4.78, 5) is 29.0. The molecule has 2 amide bonds. The molecule has 0 aliphatic carbocycles. The number of amides is 2. The van der Waals surface area contributed by atoms with Gasteiger partial charge in [-0.2, -0.15) is 0 Å². The Balaban J connectivity index is 1.45. The summed E-state index contributed by atoms with van der Waals surface area (Å²) in [6, 6.07) is 19.2. The van der Waals surface area contributed by atoms with Crippen molar-refractivity contribution in [2.75, 3.05) is 32.7 Å². The average molecular weight is 489 g/mol. The highest BCUT2D eigenvalue weighted by molar-refractivity contribution is 8.04. The fourth-order valence-electron chi connectivity index (χ4n) is 3.88. The van der Waals surface area contributed by atoms with E-state index in [0.717, 1.165) is 27.3 Å². The van der Waals surface area contributed by atoms with Crippen LogP contribution in [-0.4, -0.2) is 39.6 Å². The van der Waals surface area contributed by atoms with Gasteiger partial charge in [0.25, 0.3) is 11.8 Å². The van der Waals surface area contributed by atoms with Gasteiger partial charge < -0.3 is 19.7 Å². The van der Waals surface area contributed by atoms with Gasteiger partial charge in [-0.3, -0.25) is 9.59 Å². The van der Waals surface area contributed by atoms with Crippen molar-refractivity contribution in [3.05, 3.63) is 87.8 Å². The Kier molecular flexibility index (Phi) is 7.46. The van der Waals surface area contributed by atoms with Crippen LogP contribution in [0.1, 0.15) is 27.0 Å². The third kappa shape index (κ3) is 5.35. The number of benzene rings is 3. The molecule has 0 radical (unpaired) electrons. The van der Waals surface area contributed by atoms with Crippen LogP contribution in [-0.2, 0) is 11.2 Å². The lowest BCUT2D eigenvalue weighted by Crippen LogP contribution is -2.31. The number of hydrogen-bond donors (Lipinski definition) is 1. The summed E-state index contributed by atoms with van der Waals surface area (Å²) in [5, 5.41) is 2.96. The maximum absolute atomic E-state index is 13.0. The first kappa shape index (κ1) is 24.4. The molecule has 0 bridgehead atoms. The summed E-state index contributed by atoms with van der Waals surface area (Å²) in [5.74, 6) is 1.06. The van der Waals surface area contributed by atoms with Crippen LogP contribution in [0.4, 0.5) is 5.69 Å². The quantitative estimate of drug-likeness (QED) is 0.469. The van der Waals surface area contributed by atoms with E-state index in [2.05, 4.69) is 5.32 Å². The molecule has 0 atom stereocenters. The number of carbonyl (C=O) groups is 2. The van der Waals surface area contributed by atoms with E-state index in [-0.39, 0.29) is 11.8 Å². The standard InChI is InChI=1S/C28H28N2O4S/c1-18-7-5-6-8-20(18)17-26-28(32)30(2)22-16-21(10-12-25(22)35-26)27(31)29-14-13-19-9-11-23(33-3)24(15-19)34-4/h5-12,15-17H,13-14H2,1-4H3,(H,29,31). The molecule has 0 saturated heterocycles. The molecule has 4 rings (SSSR count). The van der Waals surface area contributed by atoms with E-state index in [9.17, 15) is 9.59 Å². The number of hydrogen-bond acceptors (Lipinski definition) is 5. The largest absolute Gasteiger partial charge is 0.493 e. The highest BCUT2D eigenvalue weighted by Crippen LogP contribution is 2.42. The molecule has 1 aliphatic heterocycles. The first-order valence-corrected chi connectivity index (χ1v) is 12.1. The molecule has 0 spiro atoms. The fourth-order valence-corrected chi connectivity index (χ4v) is 4.97. The summed E-state index contributed by atoms with van der Waals surface area (Å²) in [7, 11) is 4.94. The Morgan fingerprint density at radius 2 is 1.80 bits per heavy atom. The van der Waals surface area contributed by atoms with Gasteiger partial charge in [-0.15, -0.1) is 0 Å².